The summed E-state index contributed by atoms with van der Waals surface area (Å²) in [4.78, 5) is 24.6. The summed E-state index contributed by atoms with van der Waals surface area (Å²) >= 11 is 0. The number of allylic oxidation sites excluding steroid dienone is 1. The molecule has 0 bridgehead atoms. The summed E-state index contributed by atoms with van der Waals surface area (Å²) in [6, 6.07) is 7.56. The standard InChI is InChI=1S/C19H25N3O3/c1-25-14-6-4-5-13(9-14)10-19(11-21-12-19)18(24)22-16-8-3-2-7-15(16)17(20)23/h2-6,9,15-16,21H,7-8,10-12H2,1H3,(H2,20,23)(H,22,24)/t15-,16-/m1/s1. The Labute approximate surface area is 147 Å². The van der Waals surface area contributed by atoms with Crippen molar-refractivity contribution in [1.82, 2.24) is 10.6 Å². The Morgan fingerprint density at radius 1 is 1.32 bits per heavy atom. The van der Waals surface area contributed by atoms with Crippen LogP contribution in [0.5, 0.6) is 5.75 Å². The van der Waals surface area contributed by atoms with Crippen LogP contribution in [0.15, 0.2) is 36.4 Å². The number of carbonyl (C=O) groups excluding carboxylic acids is 2. The summed E-state index contributed by atoms with van der Waals surface area (Å²) < 4.78 is 5.27. The van der Waals surface area contributed by atoms with Crippen molar-refractivity contribution in [3.8, 4) is 5.75 Å². The Hall–Kier alpha value is -2.34. The molecule has 1 aliphatic heterocycles. The average molecular weight is 343 g/mol. The molecule has 1 heterocycles. The van der Waals surface area contributed by atoms with Gasteiger partial charge in [0.05, 0.1) is 18.4 Å². The summed E-state index contributed by atoms with van der Waals surface area (Å²) in [5.41, 5.74) is 6.06. The number of amides is 2. The molecule has 1 saturated heterocycles. The van der Waals surface area contributed by atoms with Gasteiger partial charge in [0.25, 0.3) is 0 Å². The minimum Gasteiger partial charge on any atom is -0.497 e. The van der Waals surface area contributed by atoms with Crippen molar-refractivity contribution in [2.45, 2.75) is 25.3 Å². The van der Waals surface area contributed by atoms with Gasteiger partial charge in [-0.15, -0.1) is 0 Å². The number of nitrogens with two attached hydrogens (primary N) is 1. The third kappa shape index (κ3) is 3.69. The second-order valence-electron chi connectivity index (χ2n) is 6.94. The third-order valence-electron chi connectivity index (χ3n) is 5.20. The van der Waals surface area contributed by atoms with Gasteiger partial charge in [-0.05, 0) is 37.0 Å². The lowest BCUT2D eigenvalue weighted by atomic mass is 9.74. The minimum atomic E-state index is -0.490. The smallest absolute Gasteiger partial charge is 0.229 e. The molecule has 6 nitrogen and oxygen atoms in total. The van der Waals surface area contributed by atoms with Gasteiger partial charge >= 0.3 is 0 Å². The zero-order valence-electron chi connectivity index (χ0n) is 14.5. The van der Waals surface area contributed by atoms with Gasteiger partial charge in [0, 0.05) is 19.1 Å². The maximum absolute atomic E-state index is 13.0. The Bertz CT molecular complexity index is 682. The summed E-state index contributed by atoms with van der Waals surface area (Å²) in [5.74, 6) is 0.0752. The molecule has 2 amide bonds. The molecule has 1 aliphatic carbocycles. The van der Waals surface area contributed by atoms with Gasteiger partial charge in [-0.2, -0.15) is 0 Å². The number of methoxy groups -OCH3 is 1. The lowest BCUT2D eigenvalue weighted by Crippen LogP contribution is -2.64. The van der Waals surface area contributed by atoms with Gasteiger partial charge < -0.3 is 21.1 Å². The van der Waals surface area contributed by atoms with Gasteiger partial charge in [-0.3, -0.25) is 9.59 Å². The summed E-state index contributed by atoms with van der Waals surface area (Å²) in [5, 5.41) is 6.28. The fourth-order valence-electron chi connectivity index (χ4n) is 3.58. The lowest BCUT2D eigenvalue weighted by molar-refractivity contribution is -0.135. The summed E-state index contributed by atoms with van der Waals surface area (Å²) in [7, 11) is 1.63. The maximum atomic E-state index is 13.0. The first kappa shape index (κ1) is 17.5. The number of carbonyl (C=O) groups is 2. The van der Waals surface area contributed by atoms with E-state index in [2.05, 4.69) is 10.6 Å². The minimum absolute atomic E-state index is 0.0133. The number of rotatable bonds is 6. The molecule has 3 rings (SSSR count). The normalized spacial score (nSPS) is 24.2. The molecule has 0 radical (unpaired) electrons. The van der Waals surface area contributed by atoms with Crippen LogP contribution in [0.2, 0.25) is 0 Å². The highest BCUT2D eigenvalue weighted by Gasteiger charge is 2.45. The molecule has 1 fully saturated rings. The Morgan fingerprint density at radius 2 is 2.08 bits per heavy atom. The molecular weight excluding hydrogens is 318 g/mol. The van der Waals surface area contributed by atoms with E-state index >= 15 is 0 Å². The number of hydrogen-bond donors (Lipinski definition) is 3. The van der Waals surface area contributed by atoms with Crippen LogP contribution >= 0.6 is 0 Å². The number of primary amides is 1. The van der Waals surface area contributed by atoms with E-state index < -0.39 is 5.41 Å². The highest BCUT2D eigenvalue weighted by atomic mass is 16.5. The van der Waals surface area contributed by atoms with Gasteiger partial charge in [0.15, 0.2) is 0 Å². The zero-order chi connectivity index (χ0) is 17.9. The first-order valence-corrected chi connectivity index (χ1v) is 8.63. The van der Waals surface area contributed by atoms with E-state index in [1.165, 1.54) is 0 Å². The maximum Gasteiger partial charge on any atom is 0.229 e. The molecule has 0 spiro atoms. The molecule has 2 atom stereocenters. The SMILES string of the molecule is COc1cccc(CC2(C(=O)N[C@@H]3CC=CC[C@H]3C(N)=O)CNC2)c1. The molecule has 25 heavy (non-hydrogen) atoms. The molecule has 0 aromatic heterocycles. The number of nitrogens with one attached hydrogen (secondary N) is 2. The van der Waals surface area contributed by atoms with Crippen LogP contribution < -0.4 is 21.1 Å². The van der Waals surface area contributed by atoms with Gasteiger partial charge in [-0.25, -0.2) is 0 Å². The van der Waals surface area contributed by atoms with Crippen molar-refractivity contribution in [1.29, 1.82) is 0 Å². The van der Waals surface area contributed by atoms with Gasteiger partial charge in [0.2, 0.25) is 11.8 Å². The van der Waals surface area contributed by atoms with Crippen molar-refractivity contribution in [3.63, 3.8) is 0 Å². The van der Waals surface area contributed by atoms with Crippen molar-refractivity contribution < 1.29 is 14.3 Å². The molecule has 1 aromatic carbocycles. The highest BCUT2D eigenvalue weighted by Crippen LogP contribution is 2.30. The Balaban J connectivity index is 1.72. The topological polar surface area (TPSA) is 93.4 Å². The number of hydrogen-bond acceptors (Lipinski definition) is 4. The van der Waals surface area contributed by atoms with Crippen molar-refractivity contribution in [2.75, 3.05) is 20.2 Å². The number of ether oxygens (including phenoxy) is 1. The van der Waals surface area contributed by atoms with E-state index in [1.807, 2.05) is 36.4 Å². The van der Waals surface area contributed by atoms with E-state index in [-0.39, 0.29) is 23.8 Å². The van der Waals surface area contributed by atoms with Crippen molar-refractivity contribution in [3.05, 3.63) is 42.0 Å². The highest BCUT2D eigenvalue weighted by molar-refractivity contribution is 5.86. The van der Waals surface area contributed by atoms with E-state index in [0.717, 1.165) is 11.3 Å². The Kier molecular flexibility index (Phi) is 5.08. The predicted molar refractivity (Wildman–Crippen MR) is 95.0 cm³/mol. The van der Waals surface area contributed by atoms with E-state index in [4.69, 9.17) is 10.5 Å². The molecular formula is C19H25N3O3. The average Bonchev–Trinajstić information content (AvgIpc) is 2.58. The van der Waals surface area contributed by atoms with Crippen LogP contribution in [0.25, 0.3) is 0 Å². The number of benzene rings is 1. The Morgan fingerprint density at radius 3 is 2.72 bits per heavy atom. The first-order valence-electron chi connectivity index (χ1n) is 8.63. The molecule has 0 saturated carbocycles. The second-order valence-corrected chi connectivity index (χ2v) is 6.94. The first-order chi connectivity index (χ1) is 12.0. The lowest BCUT2D eigenvalue weighted by Gasteiger charge is -2.43. The second kappa shape index (κ2) is 7.27. The van der Waals surface area contributed by atoms with Crippen LogP contribution in [0.1, 0.15) is 18.4 Å². The molecule has 1 aromatic rings. The molecule has 2 aliphatic rings. The van der Waals surface area contributed by atoms with Crippen LogP contribution in [-0.2, 0) is 16.0 Å². The van der Waals surface area contributed by atoms with E-state index in [9.17, 15) is 9.59 Å². The molecule has 134 valence electrons. The van der Waals surface area contributed by atoms with Crippen LogP contribution in [-0.4, -0.2) is 38.1 Å². The predicted octanol–water partition coefficient (Wildman–Crippen LogP) is 0.764. The fraction of sp³-hybridized carbons (Fsp3) is 0.474. The quantitative estimate of drug-likeness (QED) is 0.665. The van der Waals surface area contributed by atoms with Crippen LogP contribution in [0.4, 0.5) is 0 Å². The summed E-state index contributed by atoms with van der Waals surface area (Å²) in [6.45, 7) is 1.25. The summed E-state index contributed by atoms with van der Waals surface area (Å²) in [6.07, 6.45) is 5.81. The van der Waals surface area contributed by atoms with Crippen LogP contribution in [0.3, 0.4) is 0 Å². The van der Waals surface area contributed by atoms with Gasteiger partial charge in [-0.1, -0.05) is 24.3 Å². The van der Waals surface area contributed by atoms with Crippen molar-refractivity contribution >= 4 is 11.8 Å². The molecule has 6 heteroatoms. The van der Waals surface area contributed by atoms with E-state index in [1.54, 1.807) is 7.11 Å². The third-order valence-corrected chi connectivity index (χ3v) is 5.20. The fourth-order valence-corrected chi connectivity index (χ4v) is 3.58. The molecule has 4 N–H and O–H groups in total. The van der Waals surface area contributed by atoms with Gasteiger partial charge in [0.1, 0.15) is 5.75 Å². The van der Waals surface area contributed by atoms with Crippen LogP contribution in [0, 0.1) is 11.3 Å². The largest absolute Gasteiger partial charge is 0.497 e. The monoisotopic (exact) mass is 343 g/mol. The van der Waals surface area contributed by atoms with Crippen molar-refractivity contribution in [2.24, 2.45) is 17.1 Å². The van der Waals surface area contributed by atoms with E-state index in [0.29, 0.717) is 32.4 Å². The zero-order valence-corrected chi connectivity index (χ0v) is 14.5. The molecule has 0 unspecified atom stereocenters.